The first-order valence-corrected chi connectivity index (χ1v) is 8.48. The molecule has 1 aromatic rings. The molecule has 0 aliphatic heterocycles. The molecule has 0 radical (unpaired) electrons. The normalized spacial score (nSPS) is 16.0. The third-order valence-corrected chi connectivity index (χ3v) is 4.42. The number of hydrogen-bond acceptors (Lipinski definition) is 2. The maximum Gasteiger partial charge on any atom is 0.319 e. The van der Waals surface area contributed by atoms with Crippen LogP contribution in [0.1, 0.15) is 61.9 Å². The highest BCUT2D eigenvalue weighted by molar-refractivity contribution is 5.96. The standard InChI is InChI=1S/C18H27N3O2/c1-4-13(3)19-17(22)14-9-10-16(12(2)11-14)21-18(23)20-15-7-5-6-8-15/h9-11,13,15H,4-8H2,1-3H3,(H,19,22)(H2,20,21,23)/t13-/m1/s1. The molecule has 1 aromatic carbocycles. The lowest BCUT2D eigenvalue weighted by Crippen LogP contribution is -2.36. The molecule has 2 rings (SSSR count). The molecule has 0 unspecified atom stereocenters. The number of hydrogen-bond donors (Lipinski definition) is 3. The van der Waals surface area contributed by atoms with Gasteiger partial charge in [0, 0.05) is 23.3 Å². The molecule has 1 aliphatic carbocycles. The van der Waals surface area contributed by atoms with Crippen molar-refractivity contribution in [1.82, 2.24) is 10.6 Å². The highest BCUT2D eigenvalue weighted by atomic mass is 16.2. The van der Waals surface area contributed by atoms with Crippen LogP contribution in [0.4, 0.5) is 10.5 Å². The van der Waals surface area contributed by atoms with Crippen molar-refractivity contribution in [2.24, 2.45) is 0 Å². The van der Waals surface area contributed by atoms with Gasteiger partial charge >= 0.3 is 6.03 Å². The van der Waals surface area contributed by atoms with E-state index in [1.165, 1.54) is 12.8 Å². The van der Waals surface area contributed by atoms with Gasteiger partial charge in [-0.15, -0.1) is 0 Å². The summed E-state index contributed by atoms with van der Waals surface area (Å²) in [7, 11) is 0. The van der Waals surface area contributed by atoms with Crippen molar-refractivity contribution in [3.8, 4) is 0 Å². The fourth-order valence-corrected chi connectivity index (χ4v) is 2.77. The third-order valence-electron chi connectivity index (χ3n) is 4.42. The Kier molecular flexibility index (Phi) is 6.02. The number of aryl methyl sites for hydroxylation is 1. The van der Waals surface area contributed by atoms with Crippen molar-refractivity contribution >= 4 is 17.6 Å². The minimum absolute atomic E-state index is 0.0793. The SMILES string of the molecule is CC[C@@H](C)NC(=O)c1ccc(NC(=O)NC2CCCC2)c(C)c1. The van der Waals surface area contributed by atoms with Gasteiger partial charge in [0.1, 0.15) is 0 Å². The molecule has 23 heavy (non-hydrogen) atoms. The minimum atomic E-state index is -0.170. The molecule has 0 spiro atoms. The van der Waals surface area contributed by atoms with Crippen LogP contribution in [0.2, 0.25) is 0 Å². The summed E-state index contributed by atoms with van der Waals surface area (Å²) in [6, 6.07) is 5.61. The van der Waals surface area contributed by atoms with Gasteiger partial charge in [-0.3, -0.25) is 4.79 Å². The third kappa shape index (κ3) is 4.98. The topological polar surface area (TPSA) is 70.2 Å². The van der Waals surface area contributed by atoms with Crippen molar-refractivity contribution in [2.75, 3.05) is 5.32 Å². The number of amides is 3. The zero-order valence-electron chi connectivity index (χ0n) is 14.2. The van der Waals surface area contributed by atoms with Crippen molar-refractivity contribution in [1.29, 1.82) is 0 Å². The lowest BCUT2D eigenvalue weighted by Gasteiger charge is -2.15. The fraction of sp³-hybridized carbons (Fsp3) is 0.556. The molecule has 0 heterocycles. The Hall–Kier alpha value is -2.04. The zero-order chi connectivity index (χ0) is 16.8. The maximum atomic E-state index is 12.1. The quantitative estimate of drug-likeness (QED) is 0.776. The van der Waals surface area contributed by atoms with E-state index in [0.29, 0.717) is 5.56 Å². The number of rotatable bonds is 5. The van der Waals surface area contributed by atoms with Crippen LogP contribution in [0.25, 0.3) is 0 Å². The molecule has 0 saturated heterocycles. The van der Waals surface area contributed by atoms with Crippen LogP contribution in [0, 0.1) is 6.92 Å². The molecule has 5 nitrogen and oxygen atoms in total. The summed E-state index contributed by atoms with van der Waals surface area (Å²) >= 11 is 0. The van der Waals surface area contributed by atoms with Gasteiger partial charge in [-0.25, -0.2) is 4.79 Å². The van der Waals surface area contributed by atoms with Gasteiger partial charge in [0.15, 0.2) is 0 Å². The predicted octanol–water partition coefficient (Wildman–Crippen LogP) is 3.59. The molecule has 1 saturated carbocycles. The Labute approximate surface area is 138 Å². The van der Waals surface area contributed by atoms with Crippen LogP contribution in [0.15, 0.2) is 18.2 Å². The van der Waals surface area contributed by atoms with Crippen molar-refractivity contribution in [3.05, 3.63) is 29.3 Å². The average Bonchev–Trinajstić information content (AvgIpc) is 3.01. The predicted molar refractivity (Wildman–Crippen MR) is 92.8 cm³/mol. The molecule has 5 heteroatoms. The van der Waals surface area contributed by atoms with Gasteiger partial charge in [0.05, 0.1) is 0 Å². The van der Waals surface area contributed by atoms with Crippen molar-refractivity contribution in [2.45, 2.75) is 65.0 Å². The summed E-state index contributed by atoms with van der Waals surface area (Å²) in [5.41, 5.74) is 2.23. The number of carbonyl (C=O) groups excluding carboxylic acids is 2. The van der Waals surface area contributed by atoms with E-state index in [1.54, 1.807) is 12.1 Å². The summed E-state index contributed by atoms with van der Waals surface area (Å²) in [6.45, 7) is 5.91. The molecule has 1 fully saturated rings. The van der Waals surface area contributed by atoms with Crippen LogP contribution >= 0.6 is 0 Å². The fourth-order valence-electron chi connectivity index (χ4n) is 2.77. The Balaban J connectivity index is 1.95. The van der Waals surface area contributed by atoms with Gasteiger partial charge in [0.25, 0.3) is 5.91 Å². The summed E-state index contributed by atoms with van der Waals surface area (Å²) in [6.07, 6.45) is 5.38. The molecule has 1 aliphatic rings. The van der Waals surface area contributed by atoms with E-state index in [-0.39, 0.29) is 24.0 Å². The molecular weight excluding hydrogens is 290 g/mol. The first kappa shape index (κ1) is 17.3. The first-order chi connectivity index (χ1) is 11.0. The van der Waals surface area contributed by atoms with E-state index >= 15 is 0 Å². The summed E-state index contributed by atoms with van der Waals surface area (Å²) in [5.74, 6) is -0.0793. The molecule has 1 atom stereocenters. The largest absolute Gasteiger partial charge is 0.350 e. The maximum absolute atomic E-state index is 12.1. The van der Waals surface area contributed by atoms with Crippen LogP contribution < -0.4 is 16.0 Å². The number of anilines is 1. The zero-order valence-corrected chi connectivity index (χ0v) is 14.2. The van der Waals surface area contributed by atoms with Crippen LogP contribution in [-0.4, -0.2) is 24.0 Å². The smallest absolute Gasteiger partial charge is 0.319 e. The number of urea groups is 1. The highest BCUT2D eigenvalue weighted by Gasteiger charge is 2.17. The summed E-state index contributed by atoms with van der Waals surface area (Å²) in [5, 5.41) is 8.81. The molecule has 0 bridgehead atoms. The summed E-state index contributed by atoms with van der Waals surface area (Å²) < 4.78 is 0. The monoisotopic (exact) mass is 317 g/mol. The molecule has 126 valence electrons. The van der Waals surface area contributed by atoms with E-state index in [1.807, 2.05) is 26.8 Å². The number of nitrogens with one attached hydrogen (secondary N) is 3. The Morgan fingerprint density at radius 3 is 2.57 bits per heavy atom. The van der Waals surface area contributed by atoms with Gasteiger partial charge in [-0.05, 0) is 56.9 Å². The second kappa shape index (κ2) is 7.99. The van der Waals surface area contributed by atoms with E-state index in [2.05, 4.69) is 16.0 Å². The Morgan fingerprint density at radius 2 is 1.96 bits per heavy atom. The van der Waals surface area contributed by atoms with Gasteiger partial charge in [-0.1, -0.05) is 19.8 Å². The van der Waals surface area contributed by atoms with E-state index in [0.717, 1.165) is 30.5 Å². The lowest BCUT2D eigenvalue weighted by atomic mass is 10.1. The minimum Gasteiger partial charge on any atom is -0.350 e. The van der Waals surface area contributed by atoms with Gasteiger partial charge in [-0.2, -0.15) is 0 Å². The highest BCUT2D eigenvalue weighted by Crippen LogP contribution is 2.19. The van der Waals surface area contributed by atoms with Crippen molar-refractivity contribution < 1.29 is 9.59 Å². The van der Waals surface area contributed by atoms with E-state index in [9.17, 15) is 9.59 Å². The molecule has 0 aromatic heterocycles. The first-order valence-electron chi connectivity index (χ1n) is 8.48. The van der Waals surface area contributed by atoms with E-state index in [4.69, 9.17) is 0 Å². The average molecular weight is 317 g/mol. The van der Waals surface area contributed by atoms with Crippen LogP contribution in [0.5, 0.6) is 0 Å². The second-order valence-corrected chi connectivity index (χ2v) is 6.39. The van der Waals surface area contributed by atoms with Crippen LogP contribution in [-0.2, 0) is 0 Å². The van der Waals surface area contributed by atoms with Gasteiger partial charge < -0.3 is 16.0 Å². The number of carbonyl (C=O) groups is 2. The molecular formula is C18H27N3O2. The molecule has 3 N–H and O–H groups in total. The van der Waals surface area contributed by atoms with Crippen molar-refractivity contribution in [3.63, 3.8) is 0 Å². The van der Waals surface area contributed by atoms with Crippen LogP contribution in [0.3, 0.4) is 0 Å². The Bertz CT molecular complexity index is 565. The summed E-state index contributed by atoms with van der Waals surface area (Å²) in [4.78, 5) is 24.1. The number of benzene rings is 1. The van der Waals surface area contributed by atoms with Gasteiger partial charge in [0.2, 0.25) is 0 Å². The molecule has 3 amide bonds. The second-order valence-electron chi connectivity index (χ2n) is 6.39. The lowest BCUT2D eigenvalue weighted by molar-refractivity contribution is 0.0939. The van der Waals surface area contributed by atoms with E-state index < -0.39 is 0 Å². The Morgan fingerprint density at radius 1 is 1.26 bits per heavy atom.